The van der Waals surface area contributed by atoms with Crippen molar-refractivity contribution in [2.75, 3.05) is 6.61 Å². The van der Waals surface area contributed by atoms with Gasteiger partial charge in [0.15, 0.2) is 0 Å². The number of nitrogens with zero attached hydrogens (tertiary/aromatic N) is 2. The van der Waals surface area contributed by atoms with E-state index in [1.165, 1.54) is 0 Å². The molecule has 0 spiro atoms. The predicted molar refractivity (Wildman–Crippen MR) is 75.7 cm³/mol. The fraction of sp³-hybridized carbons (Fsp3) is 0.692. The number of rotatable bonds is 4. The van der Waals surface area contributed by atoms with Gasteiger partial charge in [-0.1, -0.05) is 6.92 Å². The van der Waals surface area contributed by atoms with Crippen LogP contribution in [0.25, 0.3) is 0 Å². The number of aromatic nitrogens is 2. The third-order valence-electron chi connectivity index (χ3n) is 3.28. The number of hydrogen-bond acceptors (Lipinski definition) is 5. The average molecular weight is 284 g/mol. The second-order valence-electron chi connectivity index (χ2n) is 4.69. The van der Waals surface area contributed by atoms with Crippen molar-refractivity contribution in [3.05, 3.63) is 22.1 Å². The van der Waals surface area contributed by atoms with E-state index in [1.807, 2.05) is 11.5 Å². The van der Waals surface area contributed by atoms with Gasteiger partial charge in [0.2, 0.25) is 0 Å². The Labute approximate surface area is 117 Å². The summed E-state index contributed by atoms with van der Waals surface area (Å²) in [5, 5.41) is 10.3. The van der Waals surface area contributed by atoms with Crippen LogP contribution in [0, 0.1) is 6.92 Å². The van der Waals surface area contributed by atoms with Crippen LogP contribution in [0.5, 0.6) is 6.01 Å². The highest BCUT2D eigenvalue weighted by Gasteiger charge is 2.34. The van der Waals surface area contributed by atoms with Gasteiger partial charge < -0.3 is 9.84 Å². The summed E-state index contributed by atoms with van der Waals surface area (Å²) in [6, 6.07) is 0.347. The van der Waals surface area contributed by atoms with Gasteiger partial charge in [-0.05, 0) is 20.3 Å². The second-order valence-corrected chi connectivity index (χ2v) is 6.11. The van der Waals surface area contributed by atoms with Crippen LogP contribution in [-0.2, 0) is 0 Å². The van der Waals surface area contributed by atoms with Gasteiger partial charge in [0.05, 0.1) is 18.1 Å². The van der Waals surface area contributed by atoms with Crippen LogP contribution in [0.1, 0.15) is 37.6 Å². The lowest BCUT2D eigenvalue weighted by molar-refractivity contribution is 0.161. The lowest BCUT2D eigenvalue weighted by Crippen LogP contribution is -2.20. The normalized spacial score (nSPS) is 26.6. The van der Waals surface area contributed by atoms with E-state index in [0.29, 0.717) is 24.6 Å². The summed E-state index contributed by atoms with van der Waals surface area (Å²) in [5.41, 5.74) is 0.341. The number of aryl methyl sites for hydroxylation is 1. The van der Waals surface area contributed by atoms with Gasteiger partial charge in [0.25, 0.3) is 5.56 Å². The minimum absolute atomic E-state index is 0.0771. The van der Waals surface area contributed by atoms with E-state index in [-0.39, 0.29) is 22.3 Å². The Morgan fingerprint density at radius 2 is 2.32 bits per heavy atom. The third-order valence-corrected chi connectivity index (χ3v) is 5.01. The van der Waals surface area contributed by atoms with Crippen LogP contribution in [0.2, 0.25) is 0 Å². The average Bonchev–Trinajstić information content (AvgIpc) is 2.75. The summed E-state index contributed by atoms with van der Waals surface area (Å²) in [6.45, 7) is 6.14. The fourth-order valence-corrected chi connectivity index (χ4v) is 3.73. The van der Waals surface area contributed by atoms with Crippen molar-refractivity contribution in [2.24, 2.45) is 0 Å². The molecule has 1 N–H and O–H groups in total. The van der Waals surface area contributed by atoms with E-state index < -0.39 is 0 Å². The maximum atomic E-state index is 11.6. The highest BCUT2D eigenvalue weighted by molar-refractivity contribution is 8.00. The molecule has 0 radical (unpaired) electrons. The maximum Gasteiger partial charge on any atom is 0.300 e. The van der Waals surface area contributed by atoms with E-state index in [9.17, 15) is 9.90 Å². The molecule has 1 aliphatic heterocycles. The van der Waals surface area contributed by atoms with E-state index in [4.69, 9.17) is 4.74 Å². The summed E-state index contributed by atoms with van der Waals surface area (Å²) in [4.78, 5) is 15.6. The lowest BCUT2D eigenvalue weighted by atomic mass is 10.1. The number of aliphatic hydroxyl groups excluding tert-OH is 1. The largest absolute Gasteiger partial charge is 0.465 e. The van der Waals surface area contributed by atoms with Crippen molar-refractivity contribution in [2.45, 2.75) is 50.3 Å². The van der Waals surface area contributed by atoms with Gasteiger partial charge in [-0.3, -0.25) is 9.36 Å². The lowest BCUT2D eigenvalue weighted by Gasteiger charge is -2.18. The molecule has 19 heavy (non-hydrogen) atoms. The summed E-state index contributed by atoms with van der Waals surface area (Å²) < 4.78 is 7.32. The van der Waals surface area contributed by atoms with E-state index in [2.05, 4.69) is 11.9 Å². The Bertz CT molecular complexity index is 503. The molecule has 0 amide bonds. The number of hydrogen-bond donors (Lipinski definition) is 1. The molecule has 1 aromatic rings. The van der Waals surface area contributed by atoms with Gasteiger partial charge in [-0.2, -0.15) is 4.98 Å². The van der Waals surface area contributed by atoms with Crippen molar-refractivity contribution in [1.82, 2.24) is 9.55 Å². The van der Waals surface area contributed by atoms with Crippen LogP contribution >= 0.6 is 11.8 Å². The standard InChI is InChI=1S/C13H20N2O3S/c1-4-10-9(16)6-11(19-10)15-7-8(3)12(17)14-13(15)18-5-2/h7,9-11,16H,4-6H2,1-3H3/t9?,10-,11-/m1/s1. The van der Waals surface area contributed by atoms with Crippen LogP contribution in [0.3, 0.4) is 0 Å². The Balaban J connectivity index is 2.33. The van der Waals surface area contributed by atoms with E-state index in [0.717, 1.165) is 6.42 Å². The van der Waals surface area contributed by atoms with Crippen LogP contribution in [0.15, 0.2) is 11.0 Å². The molecular formula is C13H20N2O3S. The Morgan fingerprint density at radius 3 is 2.89 bits per heavy atom. The van der Waals surface area contributed by atoms with Crippen molar-refractivity contribution in [1.29, 1.82) is 0 Å². The van der Waals surface area contributed by atoms with Crippen LogP contribution < -0.4 is 10.3 Å². The summed E-state index contributed by atoms with van der Waals surface area (Å²) in [5.74, 6) is 0. The molecule has 1 aromatic heterocycles. The van der Waals surface area contributed by atoms with Crippen molar-refractivity contribution in [3.63, 3.8) is 0 Å². The summed E-state index contributed by atoms with van der Waals surface area (Å²) in [6.07, 6.45) is 3.06. The molecule has 1 unspecified atom stereocenters. The molecule has 0 bridgehead atoms. The molecule has 2 rings (SSSR count). The first-order chi connectivity index (χ1) is 9.06. The first-order valence-corrected chi connectivity index (χ1v) is 7.57. The van der Waals surface area contributed by atoms with Crippen molar-refractivity contribution < 1.29 is 9.84 Å². The molecule has 3 atom stereocenters. The molecule has 106 valence electrons. The molecule has 0 aromatic carbocycles. The Morgan fingerprint density at radius 1 is 1.58 bits per heavy atom. The fourth-order valence-electron chi connectivity index (χ4n) is 2.25. The minimum atomic E-state index is -0.311. The summed E-state index contributed by atoms with van der Waals surface area (Å²) in [7, 11) is 0. The highest BCUT2D eigenvalue weighted by Crippen LogP contribution is 2.44. The molecule has 0 aliphatic carbocycles. The monoisotopic (exact) mass is 284 g/mol. The first kappa shape index (κ1) is 14.4. The van der Waals surface area contributed by atoms with Crippen LogP contribution in [0.4, 0.5) is 0 Å². The number of ether oxygens (including phenoxy) is 1. The smallest absolute Gasteiger partial charge is 0.300 e. The van der Waals surface area contributed by atoms with Crippen molar-refractivity contribution >= 4 is 11.8 Å². The molecule has 1 fully saturated rings. The van der Waals surface area contributed by atoms with Gasteiger partial charge in [-0.25, -0.2) is 0 Å². The van der Waals surface area contributed by atoms with Crippen molar-refractivity contribution in [3.8, 4) is 6.01 Å². The number of aliphatic hydroxyl groups is 1. The molecule has 6 heteroatoms. The predicted octanol–water partition coefficient (Wildman–Crippen LogP) is 1.73. The van der Waals surface area contributed by atoms with Gasteiger partial charge in [0.1, 0.15) is 0 Å². The SMILES string of the molecule is CCOc1nc(=O)c(C)cn1[C@H]1CC(O)[C@@H](CC)S1. The molecular weight excluding hydrogens is 264 g/mol. The minimum Gasteiger partial charge on any atom is -0.465 e. The zero-order chi connectivity index (χ0) is 14.0. The molecule has 5 nitrogen and oxygen atoms in total. The van der Waals surface area contributed by atoms with E-state index in [1.54, 1.807) is 24.9 Å². The topological polar surface area (TPSA) is 64.3 Å². The Kier molecular flexibility index (Phi) is 4.52. The Hall–Kier alpha value is -1.01. The third kappa shape index (κ3) is 2.95. The second kappa shape index (κ2) is 5.96. The zero-order valence-corrected chi connectivity index (χ0v) is 12.3. The van der Waals surface area contributed by atoms with Gasteiger partial charge in [0, 0.05) is 23.4 Å². The zero-order valence-electron chi connectivity index (χ0n) is 11.5. The van der Waals surface area contributed by atoms with E-state index >= 15 is 0 Å². The summed E-state index contributed by atoms with van der Waals surface area (Å²) >= 11 is 1.72. The molecule has 2 heterocycles. The molecule has 0 saturated carbocycles. The van der Waals surface area contributed by atoms with Gasteiger partial charge >= 0.3 is 6.01 Å². The molecule has 1 aliphatic rings. The molecule has 1 saturated heterocycles. The first-order valence-electron chi connectivity index (χ1n) is 6.62. The van der Waals surface area contributed by atoms with Crippen LogP contribution in [-0.4, -0.2) is 32.6 Å². The number of thioether (sulfide) groups is 1. The van der Waals surface area contributed by atoms with Gasteiger partial charge in [-0.15, -0.1) is 11.8 Å². The maximum absolute atomic E-state index is 11.6. The highest BCUT2D eigenvalue weighted by atomic mass is 32.2. The quantitative estimate of drug-likeness (QED) is 0.912.